The van der Waals surface area contributed by atoms with Crippen LogP contribution in [0.15, 0.2) is 60.8 Å². The van der Waals surface area contributed by atoms with Crippen LogP contribution in [0.25, 0.3) is 10.9 Å². The summed E-state index contributed by atoms with van der Waals surface area (Å²) in [6, 6.07) is 16.0. The lowest BCUT2D eigenvalue weighted by atomic mass is 10.2. The highest BCUT2D eigenvalue weighted by atomic mass is 35.5. The van der Waals surface area contributed by atoms with Crippen LogP contribution in [0.4, 0.5) is 5.69 Å². The number of aromatic nitrogens is 1. The number of benzene rings is 2. The third-order valence-corrected chi connectivity index (χ3v) is 3.99. The van der Waals surface area contributed by atoms with Gasteiger partial charge in [-0.05, 0) is 36.4 Å². The zero-order chi connectivity index (χ0) is 17.6. The fourth-order valence-electron chi connectivity index (χ4n) is 2.43. The number of halogens is 1. The fraction of sp³-hybridized carbons (Fsp3) is 0.105. The number of amides is 2. The highest BCUT2D eigenvalue weighted by Gasteiger charge is 2.10. The van der Waals surface area contributed by atoms with Crippen LogP contribution >= 0.6 is 11.6 Å². The van der Waals surface area contributed by atoms with Crippen LogP contribution in [0, 0.1) is 0 Å². The molecule has 0 saturated heterocycles. The van der Waals surface area contributed by atoms with Crippen molar-refractivity contribution >= 4 is 40.0 Å². The van der Waals surface area contributed by atoms with Gasteiger partial charge in [-0.3, -0.25) is 14.6 Å². The van der Waals surface area contributed by atoms with Crippen LogP contribution in [0.5, 0.6) is 0 Å². The molecule has 1 aromatic heterocycles. The molecule has 6 heteroatoms. The summed E-state index contributed by atoms with van der Waals surface area (Å²) >= 11 is 6.14. The molecule has 0 aliphatic heterocycles. The number of nitrogens with zero attached hydrogens (tertiary/aromatic N) is 1. The van der Waals surface area contributed by atoms with Gasteiger partial charge in [-0.15, -0.1) is 0 Å². The molecule has 0 radical (unpaired) electrons. The Morgan fingerprint density at radius 2 is 1.80 bits per heavy atom. The highest BCUT2D eigenvalue weighted by Crippen LogP contribution is 2.27. The highest BCUT2D eigenvalue weighted by molar-refractivity contribution is 6.35. The molecule has 3 aromatic rings. The van der Waals surface area contributed by atoms with Gasteiger partial charge in [0.2, 0.25) is 5.91 Å². The smallest absolute Gasteiger partial charge is 0.251 e. The number of rotatable bonds is 5. The minimum absolute atomic E-state index is 0.162. The van der Waals surface area contributed by atoms with Gasteiger partial charge < -0.3 is 10.6 Å². The van der Waals surface area contributed by atoms with Crippen molar-refractivity contribution in [3.63, 3.8) is 0 Å². The minimum Gasteiger partial charge on any atom is -0.352 e. The van der Waals surface area contributed by atoms with E-state index in [1.54, 1.807) is 48.7 Å². The molecule has 3 rings (SSSR count). The molecule has 0 fully saturated rings. The van der Waals surface area contributed by atoms with E-state index in [0.29, 0.717) is 21.8 Å². The average Bonchev–Trinajstić information content (AvgIpc) is 2.65. The molecular weight excluding hydrogens is 338 g/mol. The SMILES string of the molecule is O=C(CCNC(=O)c1ccccc1)Nc1ccc(Cl)c2cccnc12. The van der Waals surface area contributed by atoms with Gasteiger partial charge in [-0.2, -0.15) is 0 Å². The molecule has 0 aliphatic rings. The molecule has 0 aliphatic carbocycles. The normalized spacial score (nSPS) is 10.4. The number of pyridine rings is 1. The Bertz CT molecular complexity index is 913. The molecule has 0 bridgehead atoms. The van der Waals surface area contributed by atoms with Gasteiger partial charge in [0.25, 0.3) is 5.91 Å². The second-order valence-electron chi connectivity index (χ2n) is 5.41. The zero-order valence-electron chi connectivity index (χ0n) is 13.3. The number of carbonyl (C=O) groups excluding carboxylic acids is 2. The molecule has 2 amide bonds. The Morgan fingerprint density at radius 3 is 2.60 bits per heavy atom. The van der Waals surface area contributed by atoms with E-state index in [1.807, 2.05) is 12.1 Å². The van der Waals surface area contributed by atoms with Gasteiger partial charge in [-0.25, -0.2) is 0 Å². The zero-order valence-corrected chi connectivity index (χ0v) is 14.1. The van der Waals surface area contributed by atoms with Crippen molar-refractivity contribution in [3.8, 4) is 0 Å². The van der Waals surface area contributed by atoms with Crippen LogP contribution in [0.2, 0.25) is 5.02 Å². The first-order valence-electron chi connectivity index (χ1n) is 7.81. The number of hydrogen-bond donors (Lipinski definition) is 2. The Balaban J connectivity index is 1.58. The summed E-state index contributed by atoms with van der Waals surface area (Å²) in [5.74, 6) is -0.408. The predicted octanol–water partition coefficient (Wildman–Crippen LogP) is 3.65. The quantitative estimate of drug-likeness (QED) is 0.735. The van der Waals surface area contributed by atoms with E-state index in [1.165, 1.54) is 0 Å². The third-order valence-electron chi connectivity index (χ3n) is 3.66. The Labute approximate surface area is 150 Å². The summed E-state index contributed by atoms with van der Waals surface area (Å²) in [6.45, 7) is 0.249. The van der Waals surface area contributed by atoms with Gasteiger partial charge in [0.15, 0.2) is 0 Å². The topological polar surface area (TPSA) is 71.1 Å². The van der Waals surface area contributed by atoms with Crippen molar-refractivity contribution in [2.24, 2.45) is 0 Å². The monoisotopic (exact) mass is 353 g/mol. The van der Waals surface area contributed by atoms with Gasteiger partial charge in [0.1, 0.15) is 0 Å². The Morgan fingerprint density at radius 1 is 1.00 bits per heavy atom. The number of nitrogens with one attached hydrogen (secondary N) is 2. The van der Waals surface area contributed by atoms with Crippen molar-refractivity contribution in [1.29, 1.82) is 0 Å². The first-order valence-corrected chi connectivity index (χ1v) is 8.19. The molecule has 0 saturated carbocycles. The van der Waals surface area contributed by atoms with Gasteiger partial charge in [0, 0.05) is 30.1 Å². The first-order chi connectivity index (χ1) is 12.1. The van der Waals surface area contributed by atoms with E-state index in [-0.39, 0.29) is 24.8 Å². The van der Waals surface area contributed by atoms with Gasteiger partial charge >= 0.3 is 0 Å². The van der Waals surface area contributed by atoms with Crippen LogP contribution in [-0.4, -0.2) is 23.3 Å². The molecular formula is C19H16ClN3O2. The maximum atomic E-state index is 12.1. The summed E-state index contributed by atoms with van der Waals surface area (Å²) in [6.07, 6.45) is 1.81. The maximum absolute atomic E-state index is 12.1. The summed E-state index contributed by atoms with van der Waals surface area (Å²) in [7, 11) is 0. The van der Waals surface area contributed by atoms with Crippen LogP contribution in [0.1, 0.15) is 16.8 Å². The lowest BCUT2D eigenvalue weighted by Crippen LogP contribution is -2.27. The van der Waals surface area contributed by atoms with E-state index in [0.717, 1.165) is 5.39 Å². The van der Waals surface area contributed by atoms with Gasteiger partial charge in [0.05, 0.1) is 16.2 Å². The van der Waals surface area contributed by atoms with Crippen LogP contribution in [0.3, 0.4) is 0 Å². The molecule has 0 atom stereocenters. The first kappa shape index (κ1) is 16.9. The summed E-state index contributed by atoms with van der Waals surface area (Å²) in [4.78, 5) is 28.3. The Kier molecular flexibility index (Phi) is 5.26. The van der Waals surface area contributed by atoms with Crippen LogP contribution in [-0.2, 0) is 4.79 Å². The molecule has 25 heavy (non-hydrogen) atoms. The van der Waals surface area contributed by atoms with E-state index >= 15 is 0 Å². The average molecular weight is 354 g/mol. The largest absolute Gasteiger partial charge is 0.352 e. The molecule has 2 N–H and O–H groups in total. The molecule has 1 heterocycles. The third kappa shape index (κ3) is 4.14. The molecule has 5 nitrogen and oxygen atoms in total. The fourth-order valence-corrected chi connectivity index (χ4v) is 2.65. The van der Waals surface area contributed by atoms with Crippen molar-refractivity contribution in [1.82, 2.24) is 10.3 Å². The lowest BCUT2D eigenvalue weighted by molar-refractivity contribution is -0.116. The predicted molar refractivity (Wildman–Crippen MR) is 98.8 cm³/mol. The number of carbonyl (C=O) groups is 2. The number of anilines is 1. The van der Waals surface area contributed by atoms with E-state index in [4.69, 9.17) is 11.6 Å². The van der Waals surface area contributed by atoms with E-state index in [2.05, 4.69) is 15.6 Å². The van der Waals surface area contributed by atoms with Crippen molar-refractivity contribution in [2.45, 2.75) is 6.42 Å². The van der Waals surface area contributed by atoms with Crippen LogP contribution < -0.4 is 10.6 Å². The second kappa shape index (κ2) is 7.77. The van der Waals surface area contributed by atoms with Gasteiger partial charge in [-0.1, -0.05) is 29.8 Å². The lowest BCUT2D eigenvalue weighted by Gasteiger charge is -2.09. The summed E-state index contributed by atoms with van der Waals surface area (Å²) in [5, 5.41) is 6.90. The number of fused-ring (bicyclic) bond motifs is 1. The van der Waals surface area contributed by atoms with Crippen molar-refractivity contribution in [3.05, 3.63) is 71.4 Å². The Hall–Kier alpha value is -2.92. The molecule has 2 aromatic carbocycles. The van der Waals surface area contributed by atoms with E-state index < -0.39 is 0 Å². The van der Waals surface area contributed by atoms with E-state index in [9.17, 15) is 9.59 Å². The standard InChI is InChI=1S/C19H16ClN3O2/c20-15-8-9-16(18-14(15)7-4-11-21-18)23-17(24)10-12-22-19(25)13-5-2-1-3-6-13/h1-9,11H,10,12H2,(H,22,25)(H,23,24). The van der Waals surface area contributed by atoms with Crippen molar-refractivity contribution in [2.75, 3.05) is 11.9 Å². The maximum Gasteiger partial charge on any atom is 0.251 e. The summed E-state index contributed by atoms with van der Waals surface area (Å²) in [5.41, 5.74) is 1.80. The summed E-state index contributed by atoms with van der Waals surface area (Å²) < 4.78 is 0. The minimum atomic E-state index is -0.206. The molecule has 0 unspecified atom stereocenters. The number of hydrogen-bond acceptors (Lipinski definition) is 3. The second-order valence-corrected chi connectivity index (χ2v) is 5.82. The van der Waals surface area contributed by atoms with Crippen molar-refractivity contribution < 1.29 is 9.59 Å². The molecule has 126 valence electrons. The molecule has 0 spiro atoms.